The summed E-state index contributed by atoms with van der Waals surface area (Å²) in [6, 6.07) is 11.0. The van der Waals surface area contributed by atoms with E-state index in [0.29, 0.717) is 12.0 Å². The van der Waals surface area contributed by atoms with Gasteiger partial charge in [-0.15, -0.1) is 0 Å². The summed E-state index contributed by atoms with van der Waals surface area (Å²) in [4.78, 5) is 0. The molecular formula is C16H20N2O2. The highest BCUT2D eigenvalue weighted by Gasteiger charge is 2.29. The molecule has 1 aromatic carbocycles. The highest BCUT2D eigenvalue weighted by Crippen LogP contribution is 2.37. The third-order valence-electron chi connectivity index (χ3n) is 3.97. The smallest absolute Gasteiger partial charge is 0.150 e. The van der Waals surface area contributed by atoms with Gasteiger partial charge in [-0.2, -0.15) is 0 Å². The summed E-state index contributed by atoms with van der Waals surface area (Å²) in [5.74, 6) is 2.49. The van der Waals surface area contributed by atoms with Gasteiger partial charge >= 0.3 is 0 Å². The minimum absolute atomic E-state index is 0.576. The third kappa shape index (κ3) is 2.85. The molecule has 2 aromatic rings. The van der Waals surface area contributed by atoms with Gasteiger partial charge in [-0.05, 0) is 43.4 Å². The first kappa shape index (κ1) is 13.2. The number of hydrogen-bond acceptors (Lipinski definition) is 4. The molecule has 0 bridgehead atoms. The molecule has 0 spiro atoms. The lowest BCUT2D eigenvalue weighted by Crippen LogP contribution is -2.39. The molecule has 1 N–H and O–H groups in total. The maximum absolute atomic E-state index is 5.19. The molecule has 106 valence electrons. The van der Waals surface area contributed by atoms with Crippen LogP contribution in [0.4, 0.5) is 0 Å². The van der Waals surface area contributed by atoms with Gasteiger partial charge in [0.25, 0.3) is 0 Å². The Labute approximate surface area is 119 Å². The highest BCUT2D eigenvalue weighted by molar-refractivity contribution is 5.30. The molecule has 0 saturated heterocycles. The van der Waals surface area contributed by atoms with E-state index in [-0.39, 0.29) is 0 Å². The average molecular weight is 272 g/mol. The van der Waals surface area contributed by atoms with E-state index in [9.17, 15) is 0 Å². The van der Waals surface area contributed by atoms with Crippen LogP contribution in [0.3, 0.4) is 0 Å². The van der Waals surface area contributed by atoms with Crippen molar-refractivity contribution in [3.8, 4) is 5.75 Å². The van der Waals surface area contributed by atoms with E-state index in [1.54, 1.807) is 7.11 Å². The van der Waals surface area contributed by atoms with Crippen LogP contribution in [0, 0.1) is 6.92 Å². The SMILES string of the molecule is COc1ccc(C2CC(NCc3cc(C)no3)C2)cc1. The maximum atomic E-state index is 5.19. The zero-order chi connectivity index (χ0) is 13.9. The van der Waals surface area contributed by atoms with Crippen LogP contribution in [0.5, 0.6) is 5.75 Å². The molecule has 1 aliphatic rings. The Hall–Kier alpha value is -1.81. The van der Waals surface area contributed by atoms with Crippen LogP contribution >= 0.6 is 0 Å². The second kappa shape index (κ2) is 5.67. The minimum atomic E-state index is 0.576. The van der Waals surface area contributed by atoms with Gasteiger partial charge in [0, 0.05) is 12.1 Å². The molecule has 1 fully saturated rings. The molecule has 0 atom stereocenters. The Morgan fingerprint density at radius 3 is 2.65 bits per heavy atom. The minimum Gasteiger partial charge on any atom is -0.497 e. The summed E-state index contributed by atoms with van der Waals surface area (Å²) < 4.78 is 10.4. The number of ether oxygens (including phenoxy) is 1. The molecule has 20 heavy (non-hydrogen) atoms. The van der Waals surface area contributed by atoms with Crippen LogP contribution in [0.2, 0.25) is 0 Å². The quantitative estimate of drug-likeness (QED) is 0.909. The monoisotopic (exact) mass is 272 g/mol. The molecule has 0 amide bonds. The largest absolute Gasteiger partial charge is 0.497 e. The van der Waals surface area contributed by atoms with Crippen molar-refractivity contribution in [3.05, 3.63) is 47.3 Å². The number of nitrogens with one attached hydrogen (secondary N) is 1. The fourth-order valence-electron chi connectivity index (χ4n) is 2.68. The highest BCUT2D eigenvalue weighted by atomic mass is 16.5. The standard InChI is InChI=1S/C16H20N2O2/c1-11-7-16(20-18-11)10-17-14-8-13(9-14)12-3-5-15(19-2)6-4-12/h3-7,13-14,17H,8-10H2,1-2H3. The van der Waals surface area contributed by atoms with Crippen LogP contribution < -0.4 is 10.1 Å². The second-order valence-electron chi connectivity index (χ2n) is 5.45. The number of hydrogen-bond donors (Lipinski definition) is 1. The van der Waals surface area contributed by atoms with Crippen molar-refractivity contribution in [2.45, 2.75) is 38.3 Å². The Morgan fingerprint density at radius 2 is 2.05 bits per heavy atom. The van der Waals surface area contributed by atoms with Gasteiger partial charge in [0.15, 0.2) is 5.76 Å². The van der Waals surface area contributed by atoms with E-state index in [0.717, 1.165) is 23.7 Å². The van der Waals surface area contributed by atoms with E-state index in [2.05, 4.69) is 22.6 Å². The number of nitrogens with zero attached hydrogens (tertiary/aromatic N) is 1. The lowest BCUT2D eigenvalue weighted by molar-refractivity contribution is 0.274. The zero-order valence-electron chi connectivity index (χ0n) is 11.9. The van der Waals surface area contributed by atoms with Crippen LogP contribution in [0.1, 0.15) is 35.8 Å². The summed E-state index contributed by atoms with van der Waals surface area (Å²) in [5, 5.41) is 7.40. The first-order valence-corrected chi connectivity index (χ1v) is 7.04. The molecule has 1 aliphatic carbocycles. The van der Waals surface area contributed by atoms with Crippen molar-refractivity contribution < 1.29 is 9.26 Å². The number of aromatic nitrogens is 1. The Kier molecular flexibility index (Phi) is 3.74. The molecule has 0 aliphatic heterocycles. The maximum Gasteiger partial charge on any atom is 0.150 e. The summed E-state index contributed by atoms with van der Waals surface area (Å²) in [6.07, 6.45) is 2.36. The van der Waals surface area contributed by atoms with Gasteiger partial charge in [0.05, 0.1) is 19.3 Å². The Morgan fingerprint density at radius 1 is 1.30 bits per heavy atom. The fraction of sp³-hybridized carbons (Fsp3) is 0.438. The molecule has 4 heteroatoms. The first-order chi connectivity index (χ1) is 9.74. The predicted molar refractivity (Wildman–Crippen MR) is 76.8 cm³/mol. The van der Waals surface area contributed by atoms with E-state index in [1.165, 1.54) is 18.4 Å². The summed E-state index contributed by atoms with van der Waals surface area (Å²) in [6.45, 7) is 2.71. The Balaban J connectivity index is 1.46. The molecule has 1 heterocycles. The molecular weight excluding hydrogens is 252 g/mol. The van der Waals surface area contributed by atoms with Crippen molar-refractivity contribution in [2.75, 3.05) is 7.11 Å². The van der Waals surface area contributed by atoms with E-state index < -0.39 is 0 Å². The van der Waals surface area contributed by atoms with Gasteiger partial charge < -0.3 is 14.6 Å². The van der Waals surface area contributed by atoms with Crippen molar-refractivity contribution >= 4 is 0 Å². The topological polar surface area (TPSA) is 47.3 Å². The van der Waals surface area contributed by atoms with Gasteiger partial charge in [-0.25, -0.2) is 0 Å². The van der Waals surface area contributed by atoms with E-state index >= 15 is 0 Å². The predicted octanol–water partition coefficient (Wildman–Crippen LogP) is 3.03. The zero-order valence-corrected chi connectivity index (χ0v) is 11.9. The van der Waals surface area contributed by atoms with Crippen molar-refractivity contribution in [3.63, 3.8) is 0 Å². The third-order valence-corrected chi connectivity index (χ3v) is 3.97. The van der Waals surface area contributed by atoms with Gasteiger partial charge in [-0.3, -0.25) is 0 Å². The average Bonchev–Trinajstić information content (AvgIpc) is 2.83. The fourth-order valence-corrected chi connectivity index (χ4v) is 2.68. The first-order valence-electron chi connectivity index (χ1n) is 7.04. The molecule has 0 unspecified atom stereocenters. The summed E-state index contributed by atoms with van der Waals surface area (Å²) >= 11 is 0. The van der Waals surface area contributed by atoms with Crippen LogP contribution in [0.25, 0.3) is 0 Å². The van der Waals surface area contributed by atoms with Crippen LogP contribution in [-0.4, -0.2) is 18.3 Å². The lowest BCUT2D eigenvalue weighted by atomic mass is 9.76. The van der Waals surface area contributed by atoms with Crippen molar-refractivity contribution in [1.29, 1.82) is 0 Å². The Bertz CT molecular complexity index is 556. The van der Waals surface area contributed by atoms with Gasteiger partial charge in [-0.1, -0.05) is 17.3 Å². The lowest BCUT2D eigenvalue weighted by Gasteiger charge is -2.36. The second-order valence-corrected chi connectivity index (χ2v) is 5.45. The summed E-state index contributed by atoms with van der Waals surface area (Å²) in [7, 11) is 1.70. The molecule has 1 saturated carbocycles. The van der Waals surface area contributed by atoms with Crippen LogP contribution in [-0.2, 0) is 6.54 Å². The molecule has 0 radical (unpaired) electrons. The van der Waals surface area contributed by atoms with Crippen LogP contribution in [0.15, 0.2) is 34.9 Å². The van der Waals surface area contributed by atoms with Gasteiger partial charge in [0.1, 0.15) is 5.75 Å². The van der Waals surface area contributed by atoms with Gasteiger partial charge in [0.2, 0.25) is 0 Å². The molecule has 4 nitrogen and oxygen atoms in total. The molecule has 3 rings (SSSR count). The van der Waals surface area contributed by atoms with Crippen molar-refractivity contribution in [1.82, 2.24) is 10.5 Å². The van der Waals surface area contributed by atoms with E-state index in [4.69, 9.17) is 9.26 Å². The van der Waals surface area contributed by atoms with E-state index in [1.807, 2.05) is 25.1 Å². The normalized spacial score (nSPS) is 21.5. The number of aryl methyl sites for hydroxylation is 1. The molecule has 1 aromatic heterocycles. The van der Waals surface area contributed by atoms with Crippen molar-refractivity contribution in [2.24, 2.45) is 0 Å². The number of benzene rings is 1. The summed E-state index contributed by atoms with van der Waals surface area (Å²) in [5.41, 5.74) is 2.34. The number of methoxy groups -OCH3 is 1. The number of rotatable bonds is 5.